The number of imidazole rings is 1. The van der Waals surface area contributed by atoms with E-state index >= 15 is 0 Å². The predicted octanol–water partition coefficient (Wildman–Crippen LogP) is 3.79. The summed E-state index contributed by atoms with van der Waals surface area (Å²) in [4.78, 5) is 15.3. The van der Waals surface area contributed by atoms with Crippen molar-refractivity contribution in [3.05, 3.63) is 54.4 Å². The maximum absolute atomic E-state index is 5.46. The number of aromatic nitrogens is 5. The SMILES string of the molecule is COc1cc2nc([C@]3(C)CCCN3c3cc(C)n[c]c3-n3cccn3)[nH]c2cc1OC. The number of benzene rings is 1. The normalized spacial score (nSPS) is 18.6. The van der Waals surface area contributed by atoms with Crippen molar-refractivity contribution < 1.29 is 9.47 Å². The molecule has 3 aromatic heterocycles. The molecule has 1 radical (unpaired) electrons. The minimum absolute atomic E-state index is 0.316. The first-order chi connectivity index (χ1) is 15.0. The Hall–Kier alpha value is -3.55. The lowest BCUT2D eigenvalue weighted by molar-refractivity contribution is 0.356. The monoisotopic (exact) mass is 417 g/mol. The van der Waals surface area contributed by atoms with Crippen molar-refractivity contribution in [1.29, 1.82) is 0 Å². The lowest BCUT2D eigenvalue weighted by Crippen LogP contribution is -2.40. The molecule has 0 amide bonds. The van der Waals surface area contributed by atoms with E-state index in [2.05, 4.69) is 39.2 Å². The van der Waals surface area contributed by atoms with E-state index in [1.165, 1.54) is 0 Å². The molecule has 8 nitrogen and oxygen atoms in total. The van der Waals surface area contributed by atoms with Crippen LogP contribution in [0.3, 0.4) is 0 Å². The highest BCUT2D eigenvalue weighted by atomic mass is 16.5. The quantitative estimate of drug-likeness (QED) is 0.532. The number of ether oxygens (including phenoxy) is 2. The van der Waals surface area contributed by atoms with Crippen LogP contribution in [-0.2, 0) is 5.54 Å². The lowest BCUT2D eigenvalue weighted by atomic mass is 9.97. The second-order valence-electron chi connectivity index (χ2n) is 8.03. The highest BCUT2D eigenvalue weighted by Gasteiger charge is 2.42. The summed E-state index contributed by atoms with van der Waals surface area (Å²) in [6, 6.07) is 7.86. The van der Waals surface area contributed by atoms with E-state index in [1.54, 1.807) is 20.4 Å². The second-order valence-corrected chi connectivity index (χ2v) is 8.03. The molecule has 0 saturated carbocycles. The molecule has 159 valence electrons. The third-order valence-corrected chi connectivity index (χ3v) is 6.09. The summed E-state index contributed by atoms with van der Waals surface area (Å²) < 4.78 is 12.7. The molecule has 1 aliphatic rings. The van der Waals surface area contributed by atoms with E-state index in [0.717, 1.165) is 53.3 Å². The fourth-order valence-electron chi connectivity index (χ4n) is 4.46. The number of pyridine rings is 1. The minimum atomic E-state index is -0.316. The van der Waals surface area contributed by atoms with Gasteiger partial charge in [0.2, 0.25) is 0 Å². The van der Waals surface area contributed by atoms with Gasteiger partial charge in [0.05, 0.1) is 36.5 Å². The Kier molecular flexibility index (Phi) is 4.57. The number of nitrogens with one attached hydrogen (secondary N) is 1. The van der Waals surface area contributed by atoms with Gasteiger partial charge in [0.1, 0.15) is 17.7 Å². The number of H-pyrrole nitrogens is 1. The van der Waals surface area contributed by atoms with Crippen LogP contribution in [0.15, 0.2) is 36.7 Å². The fraction of sp³-hybridized carbons (Fsp3) is 0.348. The van der Waals surface area contributed by atoms with Crippen LogP contribution in [0.1, 0.15) is 31.3 Å². The first-order valence-electron chi connectivity index (χ1n) is 10.3. The van der Waals surface area contributed by atoms with E-state index in [9.17, 15) is 0 Å². The number of hydrogen-bond donors (Lipinski definition) is 1. The number of nitrogens with zero attached hydrogens (tertiary/aromatic N) is 5. The smallest absolute Gasteiger partial charge is 0.163 e. The topological polar surface area (TPSA) is 81.1 Å². The zero-order valence-electron chi connectivity index (χ0n) is 18.1. The molecular weight excluding hydrogens is 392 g/mol. The molecule has 8 heteroatoms. The van der Waals surface area contributed by atoms with Gasteiger partial charge in [-0.15, -0.1) is 0 Å². The lowest BCUT2D eigenvalue weighted by Gasteiger charge is -2.36. The average Bonchev–Trinajstić information content (AvgIpc) is 3.52. The van der Waals surface area contributed by atoms with Crippen LogP contribution < -0.4 is 14.4 Å². The zero-order valence-corrected chi connectivity index (χ0v) is 18.1. The summed E-state index contributed by atoms with van der Waals surface area (Å²) in [7, 11) is 3.27. The summed E-state index contributed by atoms with van der Waals surface area (Å²) in [6.07, 6.45) is 8.89. The van der Waals surface area contributed by atoms with Crippen molar-refractivity contribution in [3.63, 3.8) is 0 Å². The second kappa shape index (κ2) is 7.30. The van der Waals surface area contributed by atoms with Gasteiger partial charge in [0, 0.05) is 36.8 Å². The number of aryl methyl sites for hydroxylation is 1. The molecule has 31 heavy (non-hydrogen) atoms. The predicted molar refractivity (Wildman–Crippen MR) is 118 cm³/mol. The van der Waals surface area contributed by atoms with E-state index in [-0.39, 0.29) is 5.54 Å². The number of rotatable bonds is 5. The largest absolute Gasteiger partial charge is 0.493 e. The van der Waals surface area contributed by atoms with Gasteiger partial charge in [-0.3, -0.25) is 0 Å². The molecule has 1 N–H and O–H groups in total. The van der Waals surface area contributed by atoms with Gasteiger partial charge in [0.25, 0.3) is 0 Å². The number of anilines is 1. The summed E-state index contributed by atoms with van der Waals surface area (Å²) in [5.74, 6) is 2.26. The number of aromatic amines is 1. The van der Waals surface area contributed by atoms with E-state index in [1.807, 2.05) is 36.0 Å². The fourth-order valence-corrected chi connectivity index (χ4v) is 4.46. The van der Waals surface area contributed by atoms with E-state index in [4.69, 9.17) is 14.5 Å². The molecule has 1 atom stereocenters. The van der Waals surface area contributed by atoms with Gasteiger partial charge < -0.3 is 19.4 Å². The van der Waals surface area contributed by atoms with Crippen LogP contribution in [0.25, 0.3) is 16.7 Å². The summed E-state index contributed by atoms with van der Waals surface area (Å²) in [5, 5.41) is 4.41. The molecule has 5 rings (SSSR count). The van der Waals surface area contributed by atoms with Crippen molar-refractivity contribution in [2.45, 2.75) is 32.2 Å². The van der Waals surface area contributed by atoms with Crippen molar-refractivity contribution >= 4 is 16.7 Å². The maximum Gasteiger partial charge on any atom is 0.163 e. The Morgan fingerprint density at radius 1 is 1.16 bits per heavy atom. The van der Waals surface area contributed by atoms with Gasteiger partial charge >= 0.3 is 0 Å². The highest BCUT2D eigenvalue weighted by molar-refractivity contribution is 5.80. The van der Waals surface area contributed by atoms with Gasteiger partial charge in [0.15, 0.2) is 11.5 Å². The molecule has 4 heterocycles. The molecular formula is C23H25N6O2. The molecule has 0 aliphatic carbocycles. The van der Waals surface area contributed by atoms with Gasteiger partial charge in [-0.2, -0.15) is 5.10 Å². The molecule has 4 aromatic rings. The Morgan fingerprint density at radius 2 is 1.97 bits per heavy atom. The third kappa shape index (κ3) is 3.10. The maximum atomic E-state index is 5.46. The number of hydrogen-bond acceptors (Lipinski definition) is 6. The molecule has 1 aliphatic heterocycles. The van der Waals surface area contributed by atoms with Gasteiger partial charge in [-0.05, 0) is 38.8 Å². The van der Waals surface area contributed by atoms with Crippen molar-refractivity contribution in [1.82, 2.24) is 24.7 Å². The van der Waals surface area contributed by atoms with Crippen molar-refractivity contribution in [2.75, 3.05) is 25.7 Å². The van der Waals surface area contributed by atoms with Crippen LogP contribution in [0, 0.1) is 13.1 Å². The Balaban J connectivity index is 1.63. The van der Waals surface area contributed by atoms with Crippen LogP contribution in [0.4, 0.5) is 5.69 Å². The standard InChI is InChI=1S/C23H25N6O2/c1-15-11-18(19(14-24-15)29-10-6-8-25-29)28-9-5-7-23(28,2)22-26-16-12-20(30-3)21(31-4)13-17(16)27-22/h6,8,10-13H,5,7,9H2,1-4H3,(H,26,27)/t23-/m0/s1. The Bertz CT molecular complexity index is 1190. The summed E-state index contributed by atoms with van der Waals surface area (Å²) >= 11 is 0. The molecule has 0 unspecified atom stereocenters. The van der Waals surface area contributed by atoms with E-state index in [0.29, 0.717) is 11.5 Å². The third-order valence-electron chi connectivity index (χ3n) is 6.09. The van der Waals surface area contributed by atoms with Crippen molar-refractivity contribution in [2.24, 2.45) is 0 Å². The minimum Gasteiger partial charge on any atom is -0.493 e. The molecule has 0 bridgehead atoms. The molecule has 1 saturated heterocycles. The summed E-state index contributed by atoms with van der Waals surface area (Å²) in [5.41, 5.74) is 4.26. The Labute approximate surface area is 180 Å². The van der Waals surface area contributed by atoms with Crippen LogP contribution in [0.5, 0.6) is 11.5 Å². The average molecular weight is 417 g/mol. The Morgan fingerprint density at radius 3 is 2.71 bits per heavy atom. The zero-order chi connectivity index (χ0) is 21.6. The van der Waals surface area contributed by atoms with Crippen molar-refractivity contribution in [3.8, 4) is 17.2 Å². The van der Waals surface area contributed by atoms with Crippen LogP contribution >= 0.6 is 0 Å². The first-order valence-corrected chi connectivity index (χ1v) is 10.3. The van der Waals surface area contributed by atoms with Gasteiger partial charge in [-0.1, -0.05) is 0 Å². The van der Waals surface area contributed by atoms with E-state index < -0.39 is 0 Å². The van der Waals surface area contributed by atoms with Crippen LogP contribution in [-0.4, -0.2) is 45.5 Å². The first kappa shape index (κ1) is 19.4. The summed E-state index contributed by atoms with van der Waals surface area (Å²) in [6.45, 7) is 5.13. The molecule has 1 aromatic carbocycles. The molecule has 1 fully saturated rings. The van der Waals surface area contributed by atoms with Gasteiger partial charge in [-0.25, -0.2) is 14.6 Å². The highest BCUT2D eigenvalue weighted by Crippen LogP contribution is 2.43. The number of fused-ring (bicyclic) bond motifs is 1. The van der Waals surface area contributed by atoms with Crippen LogP contribution in [0.2, 0.25) is 0 Å². The number of methoxy groups -OCH3 is 2. The molecule has 0 spiro atoms.